The quantitative estimate of drug-likeness (QED) is 0.749. The van der Waals surface area contributed by atoms with E-state index in [1.165, 1.54) is 0 Å². The van der Waals surface area contributed by atoms with Gasteiger partial charge in [-0.2, -0.15) is 0 Å². The Bertz CT molecular complexity index is 560. The monoisotopic (exact) mass is 333 g/mol. The van der Waals surface area contributed by atoms with Crippen molar-refractivity contribution >= 4 is 5.91 Å². The molecule has 134 valence electrons. The molecular weight excluding hydrogens is 302 g/mol. The summed E-state index contributed by atoms with van der Waals surface area (Å²) in [4.78, 5) is 12.4. The zero-order valence-electron chi connectivity index (χ0n) is 15.1. The lowest BCUT2D eigenvalue weighted by atomic mass is 9.76. The fourth-order valence-corrected chi connectivity index (χ4v) is 3.35. The van der Waals surface area contributed by atoms with Crippen LogP contribution in [0.5, 0.6) is 0 Å². The predicted molar refractivity (Wildman–Crippen MR) is 96.0 cm³/mol. The number of hydrogen-bond acceptors (Lipinski definition) is 3. The summed E-state index contributed by atoms with van der Waals surface area (Å²) in [5.41, 5.74) is 0.304. The standard InChI is InChI=1S/C20H31NO3/c1-19(2,23)12-10-15-7-6-8-16(13-15)18(22)21-14-17-9-4-5-11-20(17,3)24/h6-8,13,17,23-24H,4-5,9-12,14H2,1-3H3,(H,21,22)/t17-,20-/m1/s1. The molecule has 0 heterocycles. The summed E-state index contributed by atoms with van der Waals surface area (Å²) in [5, 5.41) is 23.2. The molecule has 2 rings (SSSR count). The largest absolute Gasteiger partial charge is 0.390 e. The highest BCUT2D eigenvalue weighted by Gasteiger charge is 2.34. The number of nitrogens with one attached hydrogen (secondary N) is 1. The lowest BCUT2D eigenvalue weighted by Crippen LogP contribution is -2.44. The third-order valence-electron chi connectivity index (χ3n) is 5.09. The SMILES string of the molecule is CC(C)(O)CCc1cccc(C(=O)NC[C@H]2CCCC[C@@]2(C)O)c1. The van der Waals surface area contributed by atoms with Crippen molar-refractivity contribution in [2.24, 2.45) is 5.92 Å². The first-order chi connectivity index (χ1) is 11.2. The Hall–Kier alpha value is -1.39. The summed E-state index contributed by atoms with van der Waals surface area (Å²) in [7, 11) is 0. The molecule has 1 aromatic carbocycles. The van der Waals surface area contributed by atoms with Crippen molar-refractivity contribution in [1.82, 2.24) is 5.32 Å². The van der Waals surface area contributed by atoms with Gasteiger partial charge in [-0.3, -0.25) is 4.79 Å². The van der Waals surface area contributed by atoms with Crippen LogP contribution in [-0.4, -0.2) is 33.9 Å². The Kier molecular flexibility index (Phi) is 6.05. The smallest absolute Gasteiger partial charge is 0.251 e. The van der Waals surface area contributed by atoms with Gasteiger partial charge in [0, 0.05) is 18.0 Å². The maximum atomic E-state index is 12.4. The van der Waals surface area contributed by atoms with Gasteiger partial charge >= 0.3 is 0 Å². The molecule has 0 bridgehead atoms. The van der Waals surface area contributed by atoms with Gasteiger partial charge in [-0.15, -0.1) is 0 Å². The van der Waals surface area contributed by atoms with E-state index in [1.807, 2.05) is 31.2 Å². The molecule has 1 saturated carbocycles. The van der Waals surface area contributed by atoms with E-state index in [0.717, 1.165) is 37.7 Å². The normalized spacial score (nSPS) is 24.6. The molecular formula is C20H31NO3. The van der Waals surface area contributed by atoms with Crippen LogP contribution in [0.15, 0.2) is 24.3 Å². The van der Waals surface area contributed by atoms with Crippen LogP contribution in [0, 0.1) is 5.92 Å². The van der Waals surface area contributed by atoms with Crippen LogP contribution in [0.25, 0.3) is 0 Å². The van der Waals surface area contributed by atoms with E-state index in [4.69, 9.17) is 0 Å². The molecule has 3 N–H and O–H groups in total. The Morgan fingerprint density at radius 1 is 1.38 bits per heavy atom. The zero-order valence-corrected chi connectivity index (χ0v) is 15.1. The van der Waals surface area contributed by atoms with Gasteiger partial charge in [0.2, 0.25) is 0 Å². The second-order valence-electron chi connectivity index (χ2n) is 8.02. The molecule has 4 heteroatoms. The maximum Gasteiger partial charge on any atom is 0.251 e. The predicted octanol–water partition coefficient (Wildman–Crippen LogP) is 3.06. The van der Waals surface area contributed by atoms with Crippen LogP contribution in [0.2, 0.25) is 0 Å². The van der Waals surface area contributed by atoms with Crippen LogP contribution in [0.3, 0.4) is 0 Å². The molecule has 1 fully saturated rings. The Balaban J connectivity index is 1.92. The molecule has 24 heavy (non-hydrogen) atoms. The Morgan fingerprint density at radius 2 is 2.12 bits per heavy atom. The first kappa shape index (κ1) is 18.9. The molecule has 0 radical (unpaired) electrons. The summed E-state index contributed by atoms with van der Waals surface area (Å²) in [6, 6.07) is 7.56. The third kappa shape index (κ3) is 5.60. The van der Waals surface area contributed by atoms with E-state index in [-0.39, 0.29) is 11.8 Å². The van der Waals surface area contributed by atoms with Gasteiger partial charge in [0.25, 0.3) is 5.91 Å². The minimum absolute atomic E-state index is 0.0958. The molecule has 0 aromatic heterocycles. The maximum absolute atomic E-state index is 12.4. The number of carbonyl (C=O) groups is 1. The number of aryl methyl sites for hydroxylation is 1. The zero-order chi connectivity index (χ0) is 17.8. The molecule has 4 nitrogen and oxygen atoms in total. The van der Waals surface area contributed by atoms with Gasteiger partial charge in [0.05, 0.1) is 11.2 Å². The van der Waals surface area contributed by atoms with Crippen LogP contribution in [0.4, 0.5) is 0 Å². The number of aliphatic hydroxyl groups is 2. The van der Waals surface area contributed by atoms with Crippen LogP contribution in [-0.2, 0) is 6.42 Å². The summed E-state index contributed by atoms with van der Waals surface area (Å²) < 4.78 is 0. The number of hydrogen-bond donors (Lipinski definition) is 3. The summed E-state index contributed by atoms with van der Waals surface area (Å²) in [6.07, 6.45) is 5.33. The van der Waals surface area contributed by atoms with Crippen molar-refractivity contribution < 1.29 is 15.0 Å². The number of rotatable bonds is 6. The highest BCUT2D eigenvalue weighted by atomic mass is 16.3. The number of benzene rings is 1. The minimum Gasteiger partial charge on any atom is -0.390 e. The van der Waals surface area contributed by atoms with E-state index in [0.29, 0.717) is 18.5 Å². The van der Waals surface area contributed by atoms with Crippen molar-refractivity contribution in [2.75, 3.05) is 6.54 Å². The summed E-state index contributed by atoms with van der Waals surface area (Å²) >= 11 is 0. The van der Waals surface area contributed by atoms with E-state index in [1.54, 1.807) is 13.8 Å². The highest BCUT2D eigenvalue weighted by Crippen LogP contribution is 2.32. The average Bonchev–Trinajstić information content (AvgIpc) is 2.51. The second-order valence-corrected chi connectivity index (χ2v) is 8.02. The van der Waals surface area contributed by atoms with Crippen LogP contribution >= 0.6 is 0 Å². The van der Waals surface area contributed by atoms with Crippen molar-refractivity contribution in [3.8, 4) is 0 Å². The van der Waals surface area contributed by atoms with E-state index in [9.17, 15) is 15.0 Å². The molecule has 1 aromatic rings. The van der Waals surface area contributed by atoms with E-state index >= 15 is 0 Å². The van der Waals surface area contributed by atoms with Crippen molar-refractivity contribution in [3.05, 3.63) is 35.4 Å². The van der Waals surface area contributed by atoms with Gasteiger partial charge < -0.3 is 15.5 Å². The average molecular weight is 333 g/mol. The molecule has 0 saturated heterocycles. The molecule has 0 unspecified atom stereocenters. The first-order valence-corrected chi connectivity index (χ1v) is 8.99. The molecule has 1 amide bonds. The van der Waals surface area contributed by atoms with Gasteiger partial charge in [-0.25, -0.2) is 0 Å². The lowest BCUT2D eigenvalue weighted by Gasteiger charge is -2.37. The molecule has 1 aliphatic rings. The minimum atomic E-state index is -0.704. The third-order valence-corrected chi connectivity index (χ3v) is 5.09. The molecule has 1 aliphatic carbocycles. The highest BCUT2D eigenvalue weighted by molar-refractivity contribution is 5.94. The lowest BCUT2D eigenvalue weighted by molar-refractivity contribution is -0.0301. The topological polar surface area (TPSA) is 69.6 Å². The molecule has 0 aliphatic heterocycles. The Morgan fingerprint density at radius 3 is 2.79 bits per heavy atom. The summed E-state index contributed by atoms with van der Waals surface area (Å²) in [6.45, 7) is 5.97. The van der Waals surface area contributed by atoms with Gasteiger partial charge in [-0.05, 0) is 64.2 Å². The number of carbonyl (C=O) groups excluding carboxylic acids is 1. The Labute approximate surface area is 145 Å². The summed E-state index contributed by atoms with van der Waals surface area (Å²) in [5.74, 6) is 0.0232. The van der Waals surface area contributed by atoms with Gasteiger partial charge in [0.1, 0.15) is 0 Å². The van der Waals surface area contributed by atoms with Crippen LogP contribution < -0.4 is 5.32 Å². The van der Waals surface area contributed by atoms with Crippen LogP contribution in [0.1, 0.15) is 68.8 Å². The van der Waals surface area contributed by atoms with E-state index in [2.05, 4.69) is 5.32 Å². The second kappa shape index (κ2) is 7.66. The van der Waals surface area contributed by atoms with Gasteiger partial charge in [0.15, 0.2) is 0 Å². The van der Waals surface area contributed by atoms with Crippen molar-refractivity contribution in [1.29, 1.82) is 0 Å². The van der Waals surface area contributed by atoms with Crippen molar-refractivity contribution in [3.63, 3.8) is 0 Å². The fraction of sp³-hybridized carbons (Fsp3) is 0.650. The fourth-order valence-electron chi connectivity index (χ4n) is 3.35. The molecule has 2 atom stereocenters. The number of amides is 1. The van der Waals surface area contributed by atoms with E-state index < -0.39 is 11.2 Å². The van der Waals surface area contributed by atoms with Crippen molar-refractivity contribution in [2.45, 2.75) is 70.5 Å². The molecule has 0 spiro atoms. The first-order valence-electron chi connectivity index (χ1n) is 8.99. The van der Waals surface area contributed by atoms with Gasteiger partial charge in [-0.1, -0.05) is 25.0 Å².